The minimum absolute atomic E-state index is 0.338. The van der Waals surface area contributed by atoms with E-state index >= 15 is 0 Å². The molecular formula is C10H13N5O2S. The molecule has 2 aromatic heterocycles. The number of aryl methyl sites for hydroxylation is 1. The van der Waals surface area contributed by atoms with E-state index in [-0.39, 0.29) is 0 Å². The number of H-pyrrole nitrogens is 2. The molecule has 18 heavy (non-hydrogen) atoms. The molecule has 8 heteroatoms. The van der Waals surface area contributed by atoms with Crippen LogP contribution in [0.3, 0.4) is 0 Å². The zero-order valence-electron chi connectivity index (χ0n) is 10.1. The van der Waals surface area contributed by atoms with Gasteiger partial charge in [0.05, 0.1) is 12.8 Å². The Morgan fingerprint density at radius 3 is 3.00 bits per heavy atom. The molecule has 7 nitrogen and oxygen atoms in total. The van der Waals surface area contributed by atoms with Gasteiger partial charge in [-0.2, -0.15) is 5.10 Å². The molecule has 0 saturated carbocycles. The average molecular weight is 267 g/mol. The Balaban J connectivity index is 2.01. The van der Waals surface area contributed by atoms with E-state index in [2.05, 4.69) is 25.4 Å². The summed E-state index contributed by atoms with van der Waals surface area (Å²) in [5, 5.41) is 13.9. The van der Waals surface area contributed by atoms with E-state index in [4.69, 9.17) is 4.74 Å². The highest BCUT2D eigenvalue weighted by Crippen LogP contribution is 2.20. The summed E-state index contributed by atoms with van der Waals surface area (Å²) < 4.78 is 4.93. The lowest BCUT2D eigenvalue weighted by Gasteiger charge is -2.01. The second-order valence-corrected chi connectivity index (χ2v) is 4.43. The van der Waals surface area contributed by atoms with Crippen LogP contribution in [0.1, 0.15) is 28.8 Å². The summed E-state index contributed by atoms with van der Waals surface area (Å²) in [7, 11) is 0. The molecule has 0 amide bonds. The number of carbonyl (C=O) groups excluding carboxylic acids is 1. The molecule has 0 fully saturated rings. The third-order valence-electron chi connectivity index (χ3n) is 2.13. The fourth-order valence-electron chi connectivity index (χ4n) is 1.33. The summed E-state index contributed by atoms with van der Waals surface area (Å²) in [4.78, 5) is 15.8. The van der Waals surface area contributed by atoms with Crippen LogP contribution in [0, 0.1) is 6.92 Å². The Labute approximate surface area is 108 Å². The van der Waals surface area contributed by atoms with Crippen LogP contribution in [-0.2, 0) is 10.5 Å². The highest BCUT2D eigenvalue weighted by molar-refractivity contribution is 7.98. The molecule has 2 rings (SSSR count). The van der Waals surface area contributed by atoms with Gasteiger partial charge in [-0.25, -0.2) is 9.78 Å². The van der Waals surface area contributed by atoms with E-state index in [1.54, 1.807) is 13.1 Å². The molecule has 0 aromatic carbocycles. The van der Waals surface area contributed by atoms with E-state index < -0.39 is 5.97 Å². The standard InChI is InChI=1S/C10H13N5O2S/c1-3-17-9(16)8-7(4-11-14-8)5-18-10-12-6(2)13-15-10/h4H,3,5H2,1-2H3,(H,11,14)(H,12,13,15). The van der Waals surface area contributed by atoms with Crippen molar-refractivity contribution in [3.05, 3.63) is 23.3 Å². The first-order valence-corrected chi connectivity index (χ1v) is 6.40. The number of esters is 1. The van der Waals surface area contributed by atoms with E-state index in [0.29, 0.717) is 23.2 Å². The number of nitrogens with zero attached hydrogens (tertiary/aromatic N) is 3. The molecule has 0 aliphatic carbocycles. The van der Waals surface area contributed by atoms with Crippen LogP contribution in [0.2, 0.25) is 0 Å². The number of hydrogen-bond acceptors (Lipinski definition) is 6. The van der Waals surface area contributed by atoms with E-state index in [0.717, 1.165) is 11.4 Å². The SMILES string of the molecule is CCOC(=O)c1[nH]ncc1CSc1n[nH]c(C)n1. The van der Waals surface area contributed by atoms with Gasteiger partial charge in [0, 0.05) is 11.3 Å². The zero-order chi connectivity index (χ0) is 13.0. The van der Waals surface area contributed by atoms with Gasteiger partial charge in [0.1, 0.15) is 11.5 Å². The van der Waals surface area contributed by atoms with Crippen molar-refractivity contribution in [2.45, 2.75) is 24.8 Å². The first kappa shape index (κ1) is 12.6. The number of aromatic nitrogens is 5. The van der Waals surface area contributed by atoms with Crippen molar-refractivity contribution in [3.8, 4) is 0 Å². The fraction of sp³-hybridized carbons (Fsp3) is 0.400. The predicted molar refractivity (Wildman–Crippen MR) is 65.2 cm³/mol. The van der Waals surface area contributed by atoms with Crippen molar-refractivity contribution in [2.75, 3.05) is 6.61 Å². The molecule has 0 radical (unpaired) electrons. The minimum atomic E-state index is -0.392. The number of rotatable bonds is 5. The summed E-state index contributed by atoms with van der Waals surface area (Å²) in [5.41, 5.74) is 1.16. The highest BCUT2D eigenvalue weighted by atomic mass is 32.2. The second kappa shape index (κ2) is 5.67. The quantitative estimate of drug-likeness (QED) is 0.626. The molecule has 0 atom stereocenters. The Morgan fingerprint density at radius 1 is 1.50 bits per heavy atom. The Hall–Kier alpha value is -1.83. The lowest BCUT2D eigenvalue weighted by molar-refractivity contribution is 0.0518. The van der Waals surface area contributed by atoms with Gasteiger partial charge >= 0.3 is 5.97 Å². The Bertz CT molecular complexity index is 536. The van der Waals surface area contributed by atoms with Crippen molar-refractivity contribution in [1.29, 1.82) is 0 Å². The van der Waals surface area contributed by atoms with Gasteiger partial charge in [-0.05, 0) is 13.8 Å². The van der Waals surface area contributed by atoms with Crippen molar-refractivity contribution in [1.82, 2.24) is 25.4 Å². The zero-order valence-corrected chi connectivity index (χ0v) is 10.9. The van der Waals surface area contributed by atoms with Crippen LogP contribution < -0.4 is 0 Å². The third-order valence-corrected chi connectivity index (χ3v) is 3.03. The first-order valence-electron chi connectivity index (χ1n) is 5.42. The topological polar surface area (TPSA) is 96.5 Å². The van der Waals surface area contributed by atoms with Crippen LogP contribution in [0.25, 0.3) is 0 Å². The molecule has 0 saturated heterocycles. The van der Waals surface area contributed by atoms with Crippen molar-refractivity contribution < 1.29 is 9.53 Å². The number of thioether (sulfide) groups is 1. The summed E-state index contributed by atoms with van der Waals surface area (Å²) in [6.45, 7) is 3.93. The predicted octanol–water partition coefficient (Wildman–Crippen LogP) is 1.31. The van der Waals surface area contributed by atoms with Crippen LogP contribution in [0.4, 0.5) is 0 Å². The summed E-state index contributed by atoms with van der Waals surface area (Å²) in [6, 6.07) is 0. The molecule has 0 bridgehead atoms. The molecule has 0 aliphatic heterocycles. The van der Waals surface area contributed by atoms with Crippen molar-refractivity contribution >= 4 is 17.7 Å². The van der Waals surface area contributed by atoms with Crippen molar-refractivity contribution in [3.63, 3.8) is 0 Å². The molecule has 0 unspecified atom stereocenters. The van der Waals surface area contributed by atoms with E-state index in [1.807, 2.05) is 6.92 Å². The first-order chi connectivity index (χ1) is 8.70. The third kappa shape index (κ3) is 2.89. The molecular weight excluding hydrogens is 254 g/mol. The summed E-state index contributed by atoms with van der Waals surface area (Å²) in [5.74, 6) is 0.925. The fourth-order valence-corrected chi connectivity index (χ4v) is 2.14. The molecule has 2 N–H and O–H groups in total. The second-order valence-electron chi connectivity index (χ2n) is 3.48. The van der Waals surface area contributed by atoms with Crippen LogP contribution in [0.5, 0.6) is 0 Å². The van der Waals surface area contributed by atoms with Gasteiger partial charge in [0.15, 0.2) is 0 Å². The van der Waals surface area contributed by atoms with Crippen LogP contribution in [-0.4, -0.2) is 38.0 Å². The van der Waals surface area contributed by atoms with E-state index in [9.17, 15) is 4.79 Å². The summed E-state index contributed by atoms with van der Waals surface area (Å²) in [6.07, 6.45) is 1.61. The van der Waals surface area contributed by atoms with Gasteiger partial charge in [-0.3, -0.25) is 10.2 Å². The average Bonchev–Trinajstić information content (AvgIpc) is 2.95. The highest BCUT2D eigenvalue weighted by Gasteiger charge is 2.15. The molecule has 2 aromatic rings. The largest absolute Gasteiger partial charge is 0.461 e. The van der Waals surface area contributed by atoms with Gasteiger partial charge < -0.3 is 4.74 Å². The maximum atomic E-state index is 11.6. The van der Waals surface area contributed by atoms with Crippen LogP contribution >= 0.6 is 11.8 Å². The lowest BCUT2D eigenvalue weighted by atomic mass is 10.3. The molecule has 0 spiro atoms. The molecule has 2 heterocycles. The number of nitrogens with one attached hydrogen (secondary N) is 2. The maximum Gasteiger partial charge on any atom is 0.356 e. The monoisotopic (exact) mass is 267 g/mol. The summed E-state index contributed by atoms with van der Waals surface area (Å²) >= 11 is 1.43. The smallest absolute Gasteiger partial charge is 0.356 e. The number of aromatic amines is 2. The van der Waals surface area contributed by atoms with Gasteiger partial charge in [-0.1, -0.05) is 11.8 Å². The van der Waals surface area contributed by atoms with Crippen molar-refractivity contribution in [2.24, 2.45) is 0 Å². The number of carbonyl (C=O) groups is 1. The minimum Gasteiger partial charge on any atom is -0.461 e. The lowest BCUT2D eigenvalue weighted by Crippen LogP contribution is -2.07. The molecule has 0 aliphatic rings. The van der Waals surface area contributed by atoms with E-state index in [1.165, 1.54) is 11.8 Å². The Kier molecular flexibility index (Phi) is 3.98. The van der Waals surface area contributed by atoms with Gasteiger partial charge in [0.25, 0.3) is 0 Å². The number of hydrogen-bond donors (Lipinski definition) is 2. The maximum absolute atomic E-state index is 11.6. The van der Waals surface area contributed by atoms with Gasteiger partial charge in [0.2, 0.25) is 5.16 Å². The normalized spacial score (nSPS) is 10.6. The Morgan fingerprint density at radius 2 is 2.33 bits per heavy atom. The molecule has 96 valence electrons. The van der Waals surface area contributed by atoms with Crippen LogP contribution in [0.15, 0.2) is 11.4 Å². The van der Waals surface area contributed by atoms with Gasteiger partial charge in [-0.15, -0.1) is 5.10 Å². The number of ether oxygens (including phenoxy) is 1.